The lowest BCUT2D eigenvalue weighted by Crippen LogP contribution is -2.31. The molecule has 0 aromatic carbocycles. The van der Waals surface area contributed by atoms with Crippen molar-refractivity contribution >= 4 is 17.7 Å². The summed E-state index contributed by atoms with van der Waals surface area (Å²) in [6.45, 7) is 4.14. The zero-order chi connectivity index (χ0) is 11.0. The molecule has 0 amide bonds. The second-order valence-electron chi connectivity index (χ2n) is 3.27. The van der Waals surface area contributed by atoms with E-state index in [1.807, 2.05) is 0 Å². The molecule has 2 N–H and O–H groups in total. The molecule has 4 heteroatoms. The van der Waals surface area contributed by atoms with Gasteiger partial charge in [0.1, 0.15) is 6.04 Å². The maximum atomic E-state index is 10.9. The van der Waals surface area contributed by atoms with Gasteiger partial charge in [0.15, 0.2) is 0 Å². The van der Waals surface area contributed by atoms with E-state index >= 15 is 0 Å². The van der Waals surface area contributed by atoms with E-state index in [2.05, 4.69) is 24.7 Å². The van der Waals surface area contributed by atoms with Crippen molar-refractivity contribution in [2.45, 2.75) is 26.3 Å². The molecule has 3 nitrogen and oxygen atoms in total. The highest BCUT2D eigenvalue weighted by Gasteiger charge is 2.12. The number of rotatable bonds is 6. The fourth-order valence-corrected chi connectivity index (χ4v) is 1.83. The van der Waals surface area contributed by atoms with Gasteiger partial charge in [-0.2, -0.15) is 11.8 Å². The lowest BCUT2D eigenvalue weighted by atomic mass is 10.2. The molecule has 0 radical (unpaired) electrons. The standard InChI is InChI=1S/C10H19NO2S/c1-8(2)4-6-14-7-5-9(11)10(12)13-3/h4,9H,5-7,11H2,1-3H3. The van der Waals surface area contributed by atoms with Crippen molar-refractivity contribution in [3.05, 3.63) is 11.6 Å². The number of ether oxygens (including phenoxy) is 1. The summed E-state index contributed by atoms with van der Waals surface area (Å²) in [6, 6.07) is -0.473. The number of hydrogen-bond donors (Lipinski definition) is 1. The predicted molar refractivity (Wildman–Crippen MR) is 61.4 cm³/mol. The van der Waals surface area contributed by atoms with E-state index in [1.54, 1.807) is 11.8 Å². The third-order valence-corrected chi connectivity index (χ3v) is 2.61. The molecule has 0 rings (SSSR count). The zero-order valence-corrected chi connectivity index (χ0v) is 9.89. The van der Waals surface area contributed by atoms with E-state index in [1.165, 1.54) is 12.7 Å². The molecule has 0 saturated heterocycles. The van der Waals surface area contributed by atoms with Crippen LogP contribution < -0.4 is 5.73 Å². The quantitative estimate of drug-likeness (QED) is 0.417. The van der Waals surface area contributed by atoms with E-state index in [9.17, 15) is 4.79 Å². The van der Waals surface area contributed by atoms with E-state index in [0.717, 1.165) is 11.5 Å². The number of methoxy groups -OCH3 is 1. The third kappa shape index (κ3) is 6.97. The van der Waals surface area contributed by atoms with Gasteiger partial charge in [0.25, 0.3) is 0 Å². The number of allylic oxidation sites excluding steroid dienone is 1. The van der Waals surface area contributed by atoms with Crippen molar-refractivity contribution in [1.82, 2.24) is 0 Å². The summed E-state index contributed by atoms with van der Waals surface area (Å²) in [4.78, 5) is 10.9. The summed E-state index contributed by atoms with van der Waals surface area (Å²) >= 11 is 1.77. The number of nitrogens with two attached hydrogens (primary N) is 1. The normalized spacial score (nSPS) is 12.0. The minimum atomic E-state index is -0.473. The van der Waals surface area contributed by atoms with E-state index in [0.29, 0.717) is 6.42 Å². The van der Waals surface area contributed by atoms with Gasteiger partial charge in [0, 0.05) is 5.75 Å². The van der Waals surface area contributed by atoms with Crippen LogP contribution in [0.5, 0.6) is 0 Å². The van der Waals surface area contributed by atoms with Crippen LogP contribution in [-0.4, -0.2) is 30.6 Å². The first-order valence-electron chi connectivity index (χ1n) is 4.62. The highest BCUT2D eigenvalue weighted by Crippen LogP contribution is 2.06. The van der Waals surface area contributed by atoms with Gasteiger partial charge in [0.2, 0.25) is 0 Å². The molecule has 14 heavy (non-hydrogen) atoms. The molecule has 0 fully saturated rings. The molecule has 1 unspecified atom stereocenters. The molecule has 82 valence electrons. The molecule has 0 aliphatic rings. The maximum absolute atomic E-state index is 10.9. The Morgan fingerprint density at radius 1 is 1.57 bits per heavy atom. The SMILES string of the molecule is COC(=O)C(N)CCSCC=C(C)C. The van der Waals surface area contributed by atoms with Crippen molar-refractivity contribution in [3.63, 3.8) is 0 Å². The van der Waals surface area contributed by atoms with Gasteiger partial charge >= 0.3 is 5.97 Å². The Morgan fingerprint density at radius 2 is 2.21 bits per heavy atom. The third-order valence-electron chi connectivity index (χ3n) is 1.69. The van der Waals surface area contributed by atoms with Crippen LogP contribution in [-0.2, 0) is 9.53 Å². The maximum Gasteiger partial charge on any atom is 0.322 e. The number of thioether (sulfide) groups is 1. The van der Waals surface area contributed by atoms with Crippen LogP contribution in [0.4, 0.5) is 0 Å². The number of esters is 1. The molecule has 0 aromatic rings. The minimum absolute atomic E-state index is 0.326. The van der Waals surface area contributed by atoms with Crippen LogP contribution >= 0.6 is 11.8 Å². The molecule has 1 atom stereocenters. The van der Waals surface area contributed by atoms with Crippen LogP contribution in [0.15, 0.2) is 11.6 Å². The smallest absolute Gasteiger partial charge is 0.322 e. The van der Waals surface area contributed by atoms with Crippen molar-refractivity contribution in [2.24, 2.45) is 5.73 Å². The molecular weight excluding hydrogens is 198 g/mol. The molecule has 0 saturated carbocycles. The predicted octanol–water partition coefficient (Wildman–Crippen LogP) is 1.58. The van der Waals surface area contributed by atoms with Crippen molar-refractivity contribution in [1.29, 1.82) is 0 Å². The lowest BCUT2D eigenvalue weighted by molar-refractivity contribution is -0.142. The summed E-state index contributed by atoms with van der Waals surface area (Å²) in [6.07, 6.45) is 2.84. The van der Waals surface area contributed by atoms with Gasteiger partial charge in [0.05, 0.1) is 7.11 Å². The Morgan fingerprint density at radius 3 is 2.71 bits per heavy atom. The lowest BCUT2D eigenvalue weighted by Gasteiger charge is -2.07. The summed E-state index contributed by atoms with van der Waals surface area (Å²) < 4.78 is 4.52. The summed E-state index contributed by atoms with van der Waals surface area (Å²) in [7, 11) is 1.36. The second kappa shape index (κ2) is 7.88. The van der Waals surface area contributed by atoms with E-state index in [4.69, 9.17) is 5.73 Å². The summed E-state index contributed by atoms with van der Waals surface area (Å²) in [5.74, 6) is 1.55. The van der Waals surface area contributed by atoms with Crippen LogP contribution in [0.25, 0.3) is 0 Å². The Kier molecular flexibility index (Phi) is 7.61. The van der Waals surface area contributed by atoms with E-state index in [-0.39, 0.29) is 5.97 Å². The van der Waals surface area contributed by atoms with Gasteiger partial charge in [-0.15, -0.1) is 0 Å². The number of carbonyl (C=O) groups is 1. The fourth-order valence-electron chi connectivity index (χ4n) is 0.788. The average molecular weight is 217 g/mol. The Labute approximate surface area is 90.1 Å². The molecule has 0 aromatic heterocycles. The fraction of sp³-hybridized carbons (Fsp3) is 0.700. The largest absolute Gasteiger partial charge is 0.468 e. The zero-order valence-electron chi connectivity index (χ0n) is 9.08. The first-order chi connectivity index (χ1) is 6.57. The average Bonchev–Trinajstić information content (AvgIpc) is 2.15. The number of carbonyl (C=O) groups excluding carboxylic acids is 1. The van der Waals surface area contributed by atoms with Gasteiger partial charge in [-0.05, 0) is 26.0 Å². The van der Waals surface area contributed by atoms with Crippen molar-refractivity contribution in [2.75, 3.05) is 18.6 Å². The highest BCUT2D eigenvalue weighted by molar-refractivity contribution is 7.99. The van der Waals surface area contributed by atoms with Gasteiger partial charge < -0.3 is 10.5 Å². The number of hydrogen-bond acceptors (Lipinski definition) is 4. The molecular formula is C10H19NO2S. The molecule has 0 aliphatic carbocycles. The van der Waals surface area contributed by atoms with E-state index < -0.39 is 6.04 Å². The molecule has 0 aliphatic heterocycles. The first kappa shape index (κ1) is 13.5. The van der Waals surface area contributed by atoms with Crippen molar-refractivity contribution in [3.8, 4) is 0 Å². The Bertz CT molecular complexity index is 200. The Balaban J connectivity index is 3.45. The van der Waals surface area contributed by atoms with Crippen LogP contribution in [0, 0.1) is 0 Å². The summed E-state index contributed by atoms with van der Waals surface area (Å²) in [5.41, 5.74) is 6.88. The van der Waals surface area contributed by atoms with Crippen LogP contribution in [0.3, 0.4) is 0 Å². The Hall–Kier alpha value is -0.480. The van der Waals surface area contributed by atoms with Gasteiger partial charge in [-0.25, -0.2) is 0 Å². The van der Waals surface area contributed by atoms with Gasteiger partial charge in [-0.1, -0.05) is 11.6 Å². The monoisotopic (exact) mass is 217 g/mol. The van der Waals surface area contributed by atoms with Crippen molar-refractivity contribution < 1.29 is 9.53 Å². The second-order valence-corrected chi connectivity index (χ2v) is 4.42. The van der Waals surface area contributed by atoms with Crippen LogP contribution in [0.2, 0.25) is 0 Å². The topological polar surface area (TPSA) is 52.3 Å². The molecule has 0 heterocycles. The highest BCUT2D eigenvalue weighted by atomic mass is 32.2. The molecule has 0 spiro atoms. The minimum Gasteiger partial charge on any atom is -0.468 e. The molecule has 0 bridgehead atoms. The van der Waals surface area contributed by atoms with Gasteiger partial charge in [-0.3, -0.25) is 4.79 Å². The first-order valence-corrected chi connectivity index (χ1v) is 5.78. The van der Waals surface area contributed by atoms with Crippen LogP contribution in [0.1, 0.15) is 20.3 Å². The summed E-state index contributed by atoms with van der Waals surface area (Å²) in [5, 5.41) is 0.